The molecule has 0 bridgehead atoms. The number of carbonyl (C=O) groups is 1. The van der Waals surface area contributed by atoms with Crippen LogP contribution in [0.5, 0.6) is 0 Å². The number of fused-ring (bicyclic) bond motifs is 3. The Morgan fingerprint density at radius 3 is 2.48 bits per heavy atom. The number of thioether (sulfide) groups is 1. The molecule has 0 amide bonds. The molecular weight excluding hydrogens is 376 g/mol. The molecule has 4 heteroatoms. The minimum Gasteiger partial charge on any atom is -0.374 e. The van der Waals surface area contributed by atoms with Crippen molar-refractivity contribution in [3.05, 3.63) is 78.1 Å². The van der Waals surface area contributed by atoms with Gasteiger partial charge in [0.25, 0.3) is 0 Å². The van der Waals surface area contributed by atoms with Gasteiger partial charge in [0.1, 0.15) is 0 Å². The Bertz CT molecular complexity index is 1060. The largest absolute Gasteiger partial charge is 0.374 e. The second kappa shape index (κ2) is 7.68. The minimum atomic E-state index is -0.0128. The van der Waals surface area contributed by atoms with Crippen molar-refractivity contribution in [2.24, 2.45) is 0 Å². The van der Waals surface area contributed by atoms with Gasteiger partial charge in [-0.15, -0.1) is 0 Å². The highest BCUT2D eigenvalue weighted by molar-refractivity contribution is 8.13. The zero-order chi connectivity index (χ0) is 20.6. The molecule has 0 radical (unpaired) electrons. The Balaban J connectivity index is 1.58. The monoisotopic (exact) mass is 403 g/mol. The minimum absolute atomic E-state index is 0.0128. The highest BCUT2D eigenvalue weighted by Gasteiger charge is 2.43. The van der Waals surface area contributed by atoms with E-state index in [9.17, 15) is 4.79 Å². The summed E-state index contributed by atoms with van der Waals surface area (Å²) in [6.07, 6.45) is 2.19. The third-order valence-electron chi connectivity index (χ3n) is 5.81. The Morgan fingerprint density at radius 1 is 1.03 bits per heavy atom. The summed E-state index contributed by atoms with van der Waals surface area (Å²) < 4.78 is 2.31. The highest BCUT2D eigenvalue weighted by Crippen LogP contribution is 2.38. The van der Waals surface area contributed by atoms with Crippen LogP contribution < -0.4 is 9.47 Å². The second-order valence-electron chi connectivity index (χ2n) is 8.12. The molecule has 1 aromatic heterocycles. The lowest BCUT2D eigenvalue weighted by atomic mass is 9.82. The summed E-state index contributed by atoms with van der Waals surface area (Å²) in [5.74, 6) is 0.811. The van der Waals surface area contributed by atoms with Crippen molar-refractivity contribution in [1.29, 1.82) is 0 Å². The molecule has 0 saturated heterocycles. The Labute approximate surface area is 177 Å². The highest BCUT2D eigenvalue weighted by atomic mass is 32.2. The topological polar surface area (TPSA) is 24.2 Å². The van der Waals surface area contributed by atoms with Gasteiger partial charge >= 0.3 is 0 Å². The zero-order valence-corrected chi connectivity index (χ0v) is 18.3. The molecule has 3 aromatic rings. The fourth-order valence-corrected chi connectivity index (χ4v) is 4.74. The summed E-state index contributed by atoms with van der Waals surface area (Å²) in [6, 6.07) is 21.9. The lowest BCUT2D eigenvalue weighted by Gasteiger charge is -2.19. The summed E-state index contributed by atoms with van der Waals surface area (Å²) in [5, 5.41) is 0.174. The maximum Gasteiger partial charge on any atom is 0.215 e. The lowest BCUT2D eigenvalue weighted by molar-refractivity contribution is -0.599. The summed E-state index contributed by atoms with van der Waals surface area (Å²) in [5.41, 5.74) is 7.58. The summed E-state index contributed by atoms with van der Waals surface area (Å²) in [7, 11) is 2.07. The van der Waals surface area contributed by atoms with E-state index in [0.717, 1.165) is 12.3 Å². The van der Waals surface area contributed by atoms with Crippen molar-refractivity contribution < 1.29 is 9.36 Å². The first-order valence-corrected chi connectivity index (χ1v) is 11.0. The van der Waals surface area contributed by atoms with Crippen molar-refractivity contribution in [3.63, 3.8) is 0 Å². The first kappa shape index (κ1) is 19.7. The normalized spacial score (nSPS) is 13.7. The maximum absolute atomic E-state index is 11.1. The van der Waals surface area contributed by atoms with Crippen LogP contribution >= 0.6 is 11.8 Å². The van der Waals surface area contributed by atoms with E-state index in [2.05, 4.69) is 97.2 Å². The predicted molar refractivity (Wildman–Crippen MR) is 122 cm³/mol. The molecule has 0 aliphatic carbocycles. The molecule has 148 valence electrons. The van der Waals surface area contributed by atoms with Crippen LogP contribution in [0.1, 0.15) is 32.0 Å². The van der Waals surface area contributed by atoms with Crippen LogP contribution in [0.15, 0.2) is 66.9 Å². The van der Waals surface area contributed by atoms with Gasteiger partial charge in [-0.2, -0.15) is 4.57 Å². The molecule has 3 nitrogen and oxygen atoms in total. The van der Waals surface area contributed by atoms with Crippen LogP contribution in [0.3, 0.4) is 0 Å². The molecule has 1 aliphatic rings. The quantitative estimate of drug-likeness (QED) is 0.561. The van der Waals surface area contributed by atoms with Gasteiger partial charge in [-0.3, -0.25) is 4.79 Å². The fraction of sp³-hybridized carbons (Fsp3) is 0.280. The van der Waals surface area contributed by atoms with E-state index in [0.29, 0.717) is 0 Å². The van der Waals surface area contributed by atoms with Gasteiger partial charge < -0.3 is 4.90 Å². The number of pyridine rings is 1. The van der Waals surface area contributed by atoms with Gasteiger partial charge in [-0.1, -0.05) is 42.1 Å². The average molecular weight is 404 g/mol. The number of hydrogen-bond donors (Lipinski definition) is 0. The van der Waals surface area contributed by atoms with Crippen molar-refractivity contribution in [2.45, 2.75) is 26.2 Å². The molecule has 1 aliphatic heterocycles. The predicted octanol–water partition coefficient (Wildman–Crippen LogP) is 4.99. The molecule has 4 rings (SSSR count). The van der Waals surface area contributed by atoms with Crippen LogP contribution in [-0.2, 0) is 10.2 Å². The first-order chi connectivity index (χ1) is 13.9. The van der Waals surface area contributed by atoms with Crippen molar-refractivity contribution in [2.75, 3.05) is 24.2 Å². The number of rotatable bonds is 5. The van der Waals surface area contributed by atoms with Gasteiger partial charge in [0.2, 0.25) is 5.69 Å². The van der Waals surface area contributed by atoms with E-state index in [1.54, 1.807) is 6.92 Å². The fourth-order valence-electron chi connectivity index (χ4n) is 4.09. The van der Waals surface area contributed by atoms with Crippen molar-refractivity contribution in [3.8, 4) is 16.8 Å². The number of anilines is 1. The lowest BCUT2D eigenvalue weighted by Crippen LogP contribution is -2.34. The summed E-state index contributed by atoms with van der Waals surface area (Å²) in [6.45, 7) is 7.07. The molecule has 0 saturated carbocycles. The van der Waals surface area contributed by atoms with E-state index in [4.69, 9.17) is 0 Å². The molecule has 0 atom stereocenters. The molecule has 29 heavy (non-hydrogen) atoms. The Hall–Kier alpha value is -2.59. The first-order valence-electron chi connectivity index (χ1n) is 9.99. The van der Waals surface area contributed by atoms with Crippen LogP contribution in [0.2, 0.25) is 0 Å². The number of carbonyl (C=O) groups excluding carboxylic acids is 1. The third kappa shape index (κ3) is 3.69. The standard InChI is InChI=1S/C25H27N2OS/c1-18(28)29-16-15-26(4)21-11-9-19(10-12-21)20-13-14-27-23-8-6-5-7-22(23)25(2,3)24(27)17-20/h5-14,17H,15-16H2,1-4H3/q+1. The SMILES string of the molecule is CC(=O)SCCN(C)c1ccc(-c2cc[n+]3c(c2)C(C)(C)c2ccccc2-3)cc1. The number of para-hydroxylation sites is 1. The smallest absolute Gasteiger partial charge is 0.215 e. The summed E-state index contributed by atoms with van der Waals surface area (Å²) >= 11 is 1.38. The summed E-state index contributed by atoms with van der Waals surface area (Å²) in [4.78, 5) is 13.3. The molecule has 2 aromatic carbocycles. The Morgan fingerprint density at radius 2 is 1.76 bits per heavy atom. The van der Waals surface area contributed by atoms with E-state index >= 15 is 0 Å². The van der Waals surface area contributed by atoms with Gasteiger partial charge in [0.05, 0.1) is 5.41 Å². The van der Waals surface area contributed by atoms with Crippen LogP contribution in [0.25, 0.3) is 16.8 Å². The molecule has 0 fully saturated rings. The van der Waals surface area contributed by atoms with Gasteiger partial charge in [0.15, 0.2) is 17.0 Å². The number of aromatic nitrogens is 1. The van der Waals surface area contributed by atoms with Crippen LogP contribution in [0.4, 0.5) is 5.69 Å². The molecule has 0 unspecified atom stereocenters. The van der Waals surface area contributed by atoms with Crippen molar-refractivity contribution >= 4 is 22.6 Å². The van der Waals surface area contributed by atoms with Gasteiger partial charge in [-0.25, -0.2) is 0 Å². The van der Waals surface area contributed by atoms with Gasteiger partial charge in [0, 0.05) is 55.7 Å². The van der Waals surface area contributed by atoms with E-state index in [1.165, 1.54) is 45.5 Å². The van der Waals surface area contributed by atoms with Crippen molar-refractivity contribution in [1.82, 2.24) is 0 Å². The van der Waals surface area contributed by atoms with E-state index in [-0.39, 0.29) is 10.5 Å². The van der Waals surface area contributed by atoms with Gasteiger partial charge in [-0.05, 0) is 37.1 Å². The second-order valence-corrected chi connectivity index (χ2v) is 9.39. The number of benzene rings is 2. The van der Waals surface area contributed by atoms with E-state index < -0.39 is 0 Å². The molecule has 2 heterocycles. The third-order valence-corrected chi connectivity index (χ3v) is 6.60. The molecule has 0 N–H and O–H groups in total. The van der Waals surface area contributed by atoms with Crippen LogP contribution in [-0.4, -0.2) is 24.5 Å². The average Bonchev–Trinajstić information content (AvgIpc) is 2.95. The number of hydrogen-bond acceptors (Lipinski definition) is 3. The van der Waals surface area contributed by atoms with Crippen LogP contribution in [0, 0.1) is 0 Å². The number of nitrogens with zero attached hydrogens (tertiary/aromatic N) is 2. The molecule has 0 spiro atoms. The molecular formula is C25H27N2OS+. The maximum atomic E-state index is 11.1. The zero-order valence-electron chi connectivity index (χ0n) is 17.5. The Kier molecular flexibility index (Phi) is 5.22. The van der Waals surface area contributed by atoms with E-state index in [1.807, 2.05) is 0 Å².